The number of carbonyl (C=O) groups is 1. The summed E-state index contributed by atoms with van der Waals surface area (Å²) in [7, 11) is 0. The van der Waals surface area contributed by atoms with Crippen molar-refractivity contribution in [3.05, 3.63) is 107 Å². The number of rotatable bonds is 6. The maximum Gasteiger partial charge on any atom is 0.508 e. The molecule has 17 atom stereocenters. The molecule has 3 saturated carbocycles. The van der Waals surface area contributed by atoms with Crippen LogP contribution in [-0.2, 0) is 37.9 Å². The number of fused-ring (bicyclic) bond motifs is 11. The van der Waals surface area contributed by atoms with Crippen LogP contribution in [0, 0.1) is 46.3 Å². The third-order valence-electron chi connectivity index (χ3n) is 18.6. The highest BCUT2D eigenvalue weighted by Crippen LogP contribution is 2.71. The van der Waals surface area contributed by atoms with Crippen LogP contribution in [0.25, 0.3) is 11.1 Å². The summed E-state index contributed by atoms with van der Waals surface area (Å²) in [5.74, 6) is 2.96. The quantitative estimate of drug-likeness (QED) is 0.190. The van der Waals surface area contributed by atoms with Crippen LogP contribution in [0.15, 0.2) is 90.5 Å². The van der Waals surface area contributed by atoms with Crippen molar-refractivity contribution in [2.24, 2.45) is 46.3 Å². The van der Waals surface area contributed by atoms with Crippen molar-refractivity contribution < 1.29 is 47.8 Å². The summed E-state index contributed by atoms with van der Waals surface area (Å²) in [6, 6.07) is 26.1. The van der Waals surface area contributed by atoms with Gasteiger partial charge in [0.2, 0.25) is 0 Å². The summed E-state index contributed by atoms with van der Waals surface area (Å²) < 4.78 is 51.6. The number of allylic oxidation sites excluding steroid dienone is 1. The van der Waals surface area contributed by atoms with Crippen molar-refractivity contribution in [3.63, 3.8) is 0 Å². The fourth-order valence-corrected chi connectivity index (χ4v) is 15.3. The molecule has 3 aromatic rings. The molecular formula is C55H66O10. The number of aliphatic hydroxyl groups excluding tert-OH is 1. The number of hydrogen-bond donors (Lipinski definition) is 1. The average Bonchev–Trinajstić information content (AvgIpc) is 3.91. The Morgan fingerprint density at radius 3 is 2.34 bits per heavy atom. The molecule has 0 radical (unpaired) electrons. The predicted octanol–water partition coefficient (Wildman–Crippen LogP) is 10.3. The zero-order chi connectivity index (χ0) is 44.2. The van der Waals surface area contributed by atoms with E-state index >= 15 is 0 Å². The third kappa shape index (κ3) is 6.93. The van der Waals surface area contributed by atoms with Crippen LogP contribution in [0.2, 0.25) is 0 Å². The van der Waals surface area contributed by atoms with E-state index < -0.39 is 43.2 Å². The molecule has 3 aromatic carbocycles. The van der Waals surface area contributed by atoms with Gasteiger partial charge in [0.25, 0.3) is 0 Å². The standard InChI is InChI=1S/C55H66O10/c1-31-20-25-55(60-28-31)32(2)46-44(65-55)27-43-40-19-18-34-26-35(21-23-53(34,3)42(40)22-24-54(43,46)4)61-51-47(56)49(48-45(62-51)30-58-50(63-48)33-12-6-5-7-13-33)64-52(57)59-29-41-38-16-10-8-14-36(38)37-15-9-11-17-39(37)41/h5-18,31-32,35,40-51,56H,19-30H2,1-4H3/t31-,32+,35+,40-,42+,43+,44+,45-,46+,47-,48+,49-,50-,51-,53+,54+,55-/m1/s1. The lowest BCUT2D eigenvalue weighted by atomic mass is 9.47. The van der Waals surface area contributed by atoms with E-state index in [0.717, 1.165) is 72.9 Å². The van der Waals surface area contributed by atoms with Crippen LogP contribution in [0.5, 0.6) is 0 Å². The van der Waals surface area contributed by atoms with Crippen molar-refractivity contribution in [1.82, 2.24) is 0 Å². The van der Waals surface area contributed by atoms with Gasteiger partial charge in [-0.25, -0.2) is 4.79 Å². The van der Waals surface area contributed by atoms with Gasteiger partial charge in [-0.2, -0.15) is 0 Å². The van der Waals surface area contributed by atoms with Gasteiger partial charge < -0.3 is 43.0 Å². The van der Waals surface area contributed by atoms with Crippen LogP contribution >= 0.6 is 0 Å². The summed E-state index contributed by atoms with van der Waals surface area (Å²) in [5, 5.41) is 12.1. The van der Waals surface area contributed by atoms with Gasteiger partial charge >= 0.3 is 6.16 Å². The molecule has 7 fully saturated rings. The van der Waals surface area contributed by atoms with Crippen LogP contribution in [0.1, 0.15) is 114 Å². The zero-order valence-electron chi connectivity index (χ0n) is 38.3. The summed E-state index contributed by atoms with van der Waals surface area (Å²) in [6.07, 6.45) is 5.72. The molecule has 5 aliphatic carbocycles. The average molecular weight is 887 g/mol. The summed E-state index contributed by atoms with van der Waals surface area (Å²) >= 11 is 0. The van der Waals surface area contributed by atoms with E-state index in [0.29, 0.717) is 35.5 Å². The first-order chi connectivity index (χ1) is 31.5. The van der Waals surface area contributed by atoms with Crippen molar-refractivity contribution in [3.8, 4) is 11.1 Å². The Bertz CT molecular complexity index is 2240. The molecule has 1 N–H and O–H groups in total. The first-order valence-corrected chi connectivity index (χ1v) is 24.9. The fraction of sp³-hybridized carbons (Fsp3) is 0.618. The lowest BCUT2D eigenvalue weighted by molar-refractivity contribution is -0.367. The predicted molar refractivity (Wildman–Crippen MR) is 241 cm³/mol. The molecule has 4 saturated heterocycles. The maximum absolute atomic E-state index is 13.8. The van der Waals surface area contributed by atoms with Gasteiger partial charge in [-0.1, -0.05) is 118 Å². The lowest BCUT2D eigenvalue weighted by Crippen LogP contribution is -2.64. The fourth-order valence-electron chi connectivity index (χ4n) is 15.3. The highest BCUT2D eigenvalue weighted by atomic mass is 16.8. The van der Waals surface area contributed by atoms with Crippen molar-refractivity contribution >= 4 is 6.16 Å². The summed E-state index contributed by atoms with van der Waals surface area (Å²) in [4.78, 5) is 13.8. The molecule has 10 heteroatoms. The van der Waals surface area contributed by atoms with Crippen LogP contribution in [-0.4, -0.2) is 79.8 Å². The minimum absolute atomic E-state index is 0.0950. The van der Waals surface area contributed by atoms with Gasteiger partial charge in [-0.3, -0.25) is 0 Å². The van der Waals surface area contributed by atoms with Crippen LogP contribution < -0.4 is 0 Å². The van der Waals surface area contributed by atoms with E-state index in [9.17, 15) is 9.90 Å². The minimum Gasteiger partial charge on any atom is -0.433 e. The Morgan fingerprint density at radius 1 is 0.831 bits per heavy atom. The summed E-state index contributed by atoms with van der Waals surface area (Å²) in [6.45, 7) is 10.9. The molecule has 9 aliphatic rings. The van der Waals surface area contributed by atoms with E-state index in [4.69, 9.17) is 37.9 Å². The van der Waals surface area contributed by atoms with E-state index in [1.807, 2.05) is 54.6 Å². The number of ether oxygens (including phenoxy) is 8. The molecule has 0 aromatic heterocycles. The molecule has 65 heavy (non-hydrogen) atoms. The van der Waals surface area contributed by atoms with Gasteiger partial charge in [-0.05, 0) is 114 Å². The zero-order valence-corrected chi connectivity index (χ0v) is 38.3. The lowest BCUT2D eigenvalue weighted by Gasteiger charge is -2.58. The van der Waals surface area contributed by atoms with Gasteiger partial charge in [0.05, 0.1) is 25.4 Å². The van der Waals surface area contributed by atoms with Crippen LogP contribution in [0.4, 0.5) is 4.79 Å². The smallest absolute Gasteiger partial charge is 0.433 e. The molecule has 1 spiro atoms. The van der Waals surface area contributed by atoms with Gasteiger partial charge in [0.1, 0.15) is 24.9 Å². The third-order valence-corrected chi connectivity index (χ3v) is 18.6. The number of aliphatic hydroxyl groups is 1. The van der Waals surface area contributed by atoms with E-state index in [1.165, 1.54) is 24.8 Å². The SMILES string of the molecule is C[C@@H]1CC[C@@]2(OC1)O[C@H]1C[C@H]3[C@@H]4CC=C5C[C@@H](O[C@@H]6O[C@@H]7CO[C@@H](c8ccccc8)O[C@@H]7[C@H](OC(=O)OCC7c8ccccc8-c8ccccc87)[C@H]6O)CC[C@]5(C)[C@H]4CC[C@]3(C)[C@H]1[C@@H]2C. The second-order valence-electron chi connectivity index (χ2n) is 21.9. The van der Waals surface area contributed by atoms with Crippen molar-refractivity contribution in [2.75, 3.05) is 19.8 Å². The Balaban J connectivity index is 0.737. The Morgan fingerprint density at radius 2 is 1.58 bits per heavy atom. The molecule has 4 heterocycles. The molecule has 10 nitrogen and oxygen atoms in total. The van der Waals surface area contributed by atoms with Crippen molar-refractivity contribution in [1.29, 1.82) is 0 Å². The first-order valence-electron chi connectivity index (χ1n) is 24.9. The number of carbonyl (C=O) groups excluding carboxylic acids is 1. The second-order valence-corrected chi connectivity index (χ2v) is 21.9. The molecular weight excluding hydrogens is 821 g/mol. The van der Waals surface area contributed by atoms with Crippen molar-refractivity contribution in [2.45, 2.75) is 146 Å². The number of benzene rings is 3. The summed E-state index contributed by atoms with van der Waals surface area (Å²) in [5.41, 5.74) is 7.17. The maximum atomic E-state index is 13.8. The van der Waals surface area contributed by atoms with E-state index in [2.05, 4.69) is 58.0 Å². The normalized spacial score (nSPS) is 43.8. The van der Waals surface area contributed by atoms with E-state index in [-0.39, 0.29) is 48.0 Å². The largest absolute Gasteiger partial charge is 0.508 e. The van der Waals surface area contributed by atoms with Gasteiger partial charge in [-0.15, -0.1) is 0 Å². The monoisotopic (exact) mass is 886 g/mol. The highest BCUT2D eigenvalue weighted by molar-refractivity contribution is 5.79. The molecule has 346 valence electrons. The van der Waals surface area contributed by atoms with E-state index in [1.54, 1.807) is 0 Å². The second kappa shape index (κ2) is 16.3. The highest BCUT2D eigenvalue weighted by Gasteiger charge is 2.69. The molecule has 0 unspecified atom stereocenters. The topological polar surface area (TPSA) is 111 Å². The van der Waals surface area contributed by atoms with Crippen LogP contribution in [0.3, 0.4) is 0 Å². The van der Waals surface area contributed by atoms with Gasteiger partial charge in [0.15, 0.2) is 24.5 Å². The minimum atomic E-state index is -1.33. The molecule has 0 bridgehead atoms. The number of hydrogen-bond acceptors (Lipinski definition) is 10. The molecule has 0 amide bonds. The Labute approximate surface area is 383 Å². The first kappa shape index (κ1) is 42.7. The molecule has 4 aliphatic heterocycles. The molecule has 12 rings (SSSR count). The Hall–Kier alpha value is -3.61. The van der Waals surface area contributed by atoms with Gasteiger partial charge in [0, 0.05) is 23.8 Å². The Kier molecular flexibility index (Phi) is 10.7.